The maximum Gasteiger partial charge on any atom is 0.264 e. The van der Waals surface area contributed by atoms with Crippen molar-refractivity contribution < 1.29 is 32.2 Å². The first-order valence-electron chi connectivity index (χ1n) is 14.5. The second kappa shape index (κ2) is 15.5. The van der Waals surface area contributed by atoms with Crippen LogP contribution in [0.25, 0.3) is 0 Å². The molecule has 2 amide bonds. The standard InChI is InChI=1S/C33H43N3O7S/c1-8-29(33(38)34-20-23(2)3)35(21-25-11-13-26(41-5)14-12-25)32(37)22-36(30-19-27(42-6)15-18-31(30)43-7)44(39,40)28-16-9-24(4)10-17-28/h9-19,23,29H,8,20-22H2,1-7H3,(H,34,38)/t29-/m0/s1. The van der Waals surface area contributed by atoms with Crippen LogP contribution in [0.4, 0.5) is 5.69 Å². The molecule has 0 aliphatic carbocycles. The molecule has 3 aromatic rings. The average molecular weight is 626 g/mol. The molecule has 1 N–H and O–H groups in total. The van der Waals surface area contributed by atoms with Crippen molar-refractivity contribution >= 4 is 27.5 Å². The van der Waals surface area contributed by atoms with Crippen molar-refractivity contribution in [2.24, 2.45) is 5.92 Å². The van der Waals surface area contributed by atoms with E-state index in [9.17, 15) is 18.0 Å². The van der Waals surface area contributed by atoms with Gasteiger partial charge in [0.15, 0.2) is 0 Å². The number of hydrogen-bond acceptors (Lipinski definition) is 7. The van der Waals surface area contributed by atoms with Crippen LogP contribution >= 0.6 is 0 Å². The average Bonchev–Trinajstić information content (AvgIpc) is 3.02. The summed E-state index contributed by atoms with van der Waals surface area (Å²) in [5.74, 6) is 0.597. The first kappa shape index (κ1) is 34.2. The van der Waals surface area contributed by atoms with Crippen molar-refractivity contribution in [3.05, 3.63) is 77.9 Å². The third-order valence-corrected chi connectivity index (χ3v) is 8.90. The summed E-state index contributed by atoms with van der Waals surface area (Å²) in [6, 6.07) is 17.4. The number of rotatable bonds is 15. The molecule has 0 aromatic heterocycles. The summed E-state index contributed by atoms with van der Waals surface area (Å²) in [5, 5.41) is 2.93. The van der Waals surface area contributed by atoms with Crippen LogP contribution in [0.1, 0.15) is 38.3 Å². The zero-order valence-corrected chi connectivity index (χ0v) is 27.3. The summed E-state index contributed by atoms with van der Waals surface area (Å²) in [4.78, 5) is 29.2. The summed E-state index contributed by atoms with van der Waals surface area (Å²) < 4.78 is 45.6. The number of aryl methyl sites for hydroxylation is 1. The number of hydrogen-bond donors (Lipinski definition) is 1. The number of sulfonamides is 1. The van der Waals surface area contributed by atoms with E-state index in [-0.39, 0.29) is 34.7 Å². The topological polar surface area (TPSA) is 114 Å². The Morgan fingerprint density at radius 2 is 1.48 bits per heavy atom. The van der Waals surface area contributed by atoms with Gasteiger partial charge in [-0.25, -0.2) is 8.42 Å². The number of methoxy groups -OCH3 is 3. The largest absolute Gasteiger partial charge is 0.497 e. The lowest BCUT2D eigenvalue weighted by molar-refractivity contribution is -0.140. The van der Waals surface area contributed by atoms with Gasteiger partial charge >= 0.3 is 0 Å². The van der Waals surface area contributed by atoms with E-state index in [4.69, 9.17) is 14.2 Å². The number of anilines is 1. The van der Waals surface area contributed by atoms with E-state index in [1.807, 2.05) is 39.8 Å². The van der Waals surface area contributed by atoms with Crippen LogP contribution < -0.4 is 23.8 Å². The minimum absolute atomic E-state index is 0.00388. The van der Waals surface area contributed by atoms with Gasteiger partial charge in [0.25, 0.3) is 10.0 Å². The molecule has 0 fully saturated rings. The van der Waals surface area contributed by atoms with E-state index in [2.05, 4.69) is 5.32 Å². The molecule has 0 heterocycles. The van der Waals surface area contributed by atoms with Crippen LogP contribution in [0.15, 0.2) is 71.6 Å². The summed E-state index contributed by atoms with van der Waals surface area (Å²) in [7, 11) is 0.171. The highest BCUT2D eigenvalue weighted by Crippen LogP contribution is 2.36. The minimum atomic E-state index is -4.28. The monoisotopic (exact) mass is 625 g/mol. The molecule has 10 nitrogen and oxygen atoms in total. The van der Waals surface area contributed by atoms with E-state index < -0.39 is 28.5 Å². The van der Waals surface area contributed by atoms with E-state index in [1.165, 1.54) is 37.3 Å². The zero-order chi connectivity index (χ0) is 32.4. The van der Waals surface area contributed by atoms with E-state index in [0.717, 1.165) is 15.4 Å². The Labute approximate surface area is 261 Å². The van der Waals surface area contributed by atoms with Gasteiger partial charge in [0.05, 0.1) is 31.9 Å². The van der Waals surface area contributed by atoms with Crippen molar-refractivity contribution in [2.75, 3.05) is 38.7 Å². The second-order valence-corrected chi connectivity index (χ2v) is 12.7. The molecule has 238 valence electrons. The molecule has 44 heavy (non-hydrogen) atoms. The molecule has 0 saturated carbocycles. The quantitative estimate of drug-likeness (QED) is 0.258. The molecule has 0 aliphatic heterocycles. The number of amides is 2. The Hall–Kier alpha value is -4.25. The maximum absolute atomic E-state index is 14.3. The van der Waals surface area contributed by atoms with Crippen molar-refractivity contribution in [1.29, 1.82) is 0 Å². The number of carbonyl (C=O) groups excluding carboxylic acids is 2. The predicted molar refractivity (Wildman–Crippen MR) is 171 cm³/mol. The summed E-state index contributed by atoms with van der Waals surface area (Å²) in [6.07, 6.45) is 0.318. The van der Waals surface area contributed by atoms with Crippen LogP contribution in [0.5, 0.6) is 17.2 Å². The van der Waals surface area contributed by atoms with Crippen molar-refractivity contribution in [1.82, 2.24) is 10.2 Å². The Morgan fingerprint density at radius 3 is 2.02 bits per heavy atom. The number of nitrogens with zero attached hydrogens (tertiary/aromatic N) is 2. The molecule has 0 aliphatic rings. The molecular formula is C33H43N3O7S. The number of carbonyl (C=O) groups is 2. The third kappa shape index (κ3) is 8.43. The van der Waals surface area contributed by atoms with Gasteiger partial charge in [0.1, 0.15) is 29.8 Å². The number of nitrogens with one attached hydrogen (secondary N) is 1. The number of ether oxygens (including phenoxy) is 3. The highest BCUT2D eigenvalue weighted by atomic mass is 32.2. The molecule has 3 aromatic carbocycles. The third-order valence-electron chi connectivity index (χ3n) is 7.12. The molecule has 11 heteroatoms. The van der Waals surface area contributed by atoms with Crippen LogP contribution in [-0.2, 0) is 26.2 Å². The molecule has 0 saturated heterocycles. The fourth-order valence-electron chi connectivity index (χ4n) is 4.61. The maximum atomic E-state index is 14.3. The lowest BCUT2D eigenvalue weighted by Gasteiger charge is -2.33. The minimum Gasteiger partial charge on any atom is -0.497 e. The first-order valence-corrected chi connectivity index (χ1v) is 15.9. The van der Waals surface area contributed by atoms with Gasteiger partial charge in [-0.1, -0.05) is 50.6 Å². The van der Waals surface area contributed by atoms with Crippen LogP contribution in [0.2, 0.25) is 0 Å². The van der Waals surface area contributed by atoms with Crippen molar-refractivity contribution in [3.63, 3.8) is 0 Å². The first-order chi connectivity index (χ1) is 20.9. The van der Waals surface area contributed by atoms with Crippen molar-refractivity contribution in [2.45, 2.75) is 51.6 Å². The molecular weight excluding hydrogens is 582 g/mol. The lowest BCUT2D eigenvalue weighted by atomic mass is 10.1. The Morgan fingerprint density at radius 1 is 0.864 bits per heavy atom. The molecule has 0 unspecified atom stereocenters. The highest BCUT2D eigenvalue weighted by Gasteiger charge is 2.35. The van der Waals surface area contributed by atoms with Crippen LogP contribution in [0.3, 0.4) is 0 Å². The van der Waals surface area contributed by atoms with Gasteiger partial charge in [0, 0.05) is 19.2 Å². The fraction of sp³-hybridized carbons (Fsp3) is 0.394. The van der Waals surface area contributed by atoms with E-state index >= 15 is 0 Å². The number of benzene rings is 3. The Bertz CT molecular complexity index is 1510. The van der Waals surface area contributed by atoms with Gasteiger partial charge in [-0.05, 0) is 61.2 Å². The smallest absolute Gasteiger partial charge is 0.264 e. The van der Waals surface area contributed by atoms with Gasteiger partial charge in [-0.15, -0.1) is 0 Å². The van der Waals surface area contributed by atoms with Gasteiger partial charge in [-0.3, -0.25) is 13.9 Å². The summed E-state index contributed by atoms with van der Waals surface area (Å²) in [5.41, 5.74) is 1.76. The Kier molecular flexibility index (Phi) is 12.0. The van der Waals surface area contributed by atoms with Crippen LogP contribution in [0, 0.1) is 12.8 Å². The molecule has 1 atom stereocenters. The normalized spacial score (nSPS) is 11.9. The lowest BCUT2D eigenvalue weighted by Crippen LogP contribution is -2.52. The van der Waals surface area contributed by atoms with E-state index in [0.29, 0.717) is 24.5 Å². The zero-order valence-electron chi connectivity index (χ0n) is 26.5. The molecule has 0 spiro atoms. The van der Waals surface area contributed by atoms with Gasteiger partial charge in [0.2, 0.25) is 11.8 Å². The van der Waals surface area contributed by atoms with Gasteiger partial charge in [-0.2, -0.15) is 0 Å². The van der Waals surface area contributed by atoms with Crippen molar-refractivity contribution in [3.8, 4) is 17.2 Å². The molecule has 3 rings (SSSR count). The van der Waals surface area contributed by atoms with Gasteiger partial charge < -0.3 is 24.4 Å². The highest BCUT2D eigenvalue weighted by molar-refractivity contribution is 7.92. The fourth-order valence-corrected chi connectivity index (χ4v) is 6.03. The SMILES string of the molecule is CC[C@@H](C(=O)NCC(C)C)N(Cc1ccc(OC)cc1)C(=O)CN(c1cc(OC)ccc1OC)S(=O)(=O)c1ccc(C)cc1. The van der Waals surface area contributed by atoms with E-state index in [1.54, 1.807) is 43.5 Å². The summed E-state index contributed by atoms with van der Waals surface area (Å²) >= 11 is 0. The molecule has 0 radical (unpaired) electrons. The Balaban J connectivity index is 2.13. The second-order valence-electron chi connectivity index (χ2n) is 10.8. The summed E-state index contributed by atoms with van der Waals surface area (Å²) in [6.45, 7) is 7.56. The molecule has 0 bridgehead atoms. The predicted octanol–water partition coefficient (Wildman–Crippen LogP) is 4.80. The van der Waals surface area contributed by atoms with Crippen LogP contribution in [-0.4, -0.2) is 65.6 Å².